The van der Waals surface area contributed by atoms with E-state index >= 15 is 0 Å². The van der Waals surface area contributed by atoms with Gasteiger partial charge in [0, 0.05) is 31.1 Å². The Kier molecular flexibility index (Phi) is 3.33. The highest BCUT2D eigenvalue weighted by atomic mass is 16.4. The van der Waals surface area contributed by atoms with Crippen molar-refractivity contribution in [3.63, 3.8) is 0 Å². The van der Waals surface area contributed by atoms with Gasteiger partial charge in [0.25, 0.3) is 0 Å². The number of carboxylic acid groups (broad SMARTS) is 1. The zero-order valence-corrected chi connectivity index (χ0v) is 7.05. The Morgan fingerprint density at radius 2 is 2.38 bits per heavy atom. The van der Waals surface area contributed by atoms with Crippen LogP contribution in [-0.2, 0) is 4.79 Å². The average Bonchev–Trinajstić information content (AvgIpc) is 2.15. The summed E-state index contributed by atoms with van der Waals surface area (Å²) >= 11 is 0. The normalized spacial score (nSPS) is 12.4. The van der Waals surface area contributed by atoms with E-state index in [4.69, 9.17) is 10.8 Å². The van der Waals surface area contributed by atoms with Crippen molar-refractivity contribution < 1.29 is 9.90 Å². The predicted molar refractivity (Wildman–Crippen MR) is 46.1 cm³/mol. The van der Waals surface area contributed by atoms with Gasteiger partial charge in [0.15, 0.2) is 0 Å². The molecule has 70 valence electrons. The monoisotopic (exact) mass is 181 g/mol. The smallest absolute Gasteiger partial charge is 0.304 e. The first-order chi connectivity index (χ1) is 6.24. The van der Waals surface area contributed by atoms with E-state index < -0.39 is 5.97 Å². The maximum absolute atomic E-state index is 10.4. The molecule has 0 fully saturated rings. The van der Waals surface area contributed by atoms with Crippen LogP contribution in [0.3, 0.4) is 0 Å². The molecule has 1 atom stereocenters. The van der Waals surface area contributed by atoms with Crippen molar-refractivity contribution >= 4 is 5.97 Å². The van der Waals surface area contributed by atoms with Crippen molar-refractivity contribution in [2.24, 2.45) is 5.73 Å². The van der Waals surface area contributed by atoms with E-state index in [0.29, 0.717) is 5.69 Å². The molecular formula is C8H11N3O2. The second kappa shape index (κ2) is 4.51. The molecule has 0 bridgehead atoms. The number of hydrogen-bond donors (Lipinski definition) is 2. The Balaban J connectivity index is 2.73. The average molecular weight is 181 g/mol. The Hall–Kier alpha value is -1.49. The molecule has 1 aromatic rings. The van der Waals surface area contributed by atoms with Crippen LogP contribution in [0, 0.1) is 0 Å². The minimum absolute atomic E-state index is 0.00477. The molecule has 1 aromatic heterocycles. The number of hydrogen-bond acceptors (Lipinski definition) is 4. The molecule has 0 radical (unpaired) electrons. The summed E-state index contributed by atoms with van der Waals surface area (Å²) in [5, 5.41) is 8.57. The molecule has 1 unspecified atom stereocenters. The van der Waals surface area contributed by atoms with Crippen LogP contribution >= 0.6 is 0 Å². The molecule has 5 nitrogen and oxygen atoms in total. The molecule has 1 heterocycles. The van der Waals surface area contributed by atoms with Crippen molar-refractivity contribution in [3.8, 4) is 0 Å². The largest absolute Gasteiger partial charge is 0.481 e. The van der Waals surface area contributed by atoms with Gasteiger partial charge in [0.2, 0.25) is 0 Å². The van der Waals surface area contributed by atoms with Crippen LogP contribution in [0.15, 0.2) is 18.6 Å². The van der Waals surface area contributed by atoms with E-state index in [1.165, 1.54) is 12.4 Å². The number of aromatic nitrogens is 2. The summed E-state index contributed by atoms with van der Waals surface area (Å²) in [6.45, 7) is 0.269. The number of aliphatic carboxylic acids is 1. The highest BCUT2D eigenvalue weighted by Crippen LogP contribution is 2.14. The number of carbonyl (C=O) groups is 1. The number of carboxylic acids is 1. The Labute approximate surface area is 75.6 Å². The quantitative estimate of drug-likeness (QED) is 0.682. The van der Waals surface area contributed by atoms with Crippen LogP contribution in [0.5, 0.6) is 0 Å². The highest BCUT2D eigenvalue weighted by Gasteiger charge is 2.14. The van der Waals surface area contributed by atoms with Crippen LogP contribution in [0.4, 0.5) is 0 Å². The van der Waals surface area contributed by atoms with Gasteiger partial charge in [-0.25, -0.2) is 0 Å². The van der Waals surface area contributed by atoms with Gasteiger partial charge in [-0.3, -0.25) is 14.8 Å². The zero-order valence-electron chi connectivity index (χ0n) is 7.05. The Morgan fingerprint density at radius 3 is 2.85 bits per heavy atom. The molecule has 1 rings (SSSR count). The van der Waals surface area contributed by atoms with E-state index in [-0.39, 0.29) is 18.9 Å². The van der Waals surface area contributed by atoms with Crippen molar-refractivity contribution in [1.29, 1.82) is 0 Å². The summed E-state index contributed by atoms with van der Waals surface area (Å²) in [5.41, 5.74) is 6.05. The lowest BCUT2D eigenvalue weighted by Gasteiger charge is -2.09. The molecule has 0 amide bonds. The van der Waals surface area contributed by atoms with Crippen molar-refractivity contribution in [2.75, 3.05) is 6.54 Å². The van der Waals surface area contributed by atoms with Crippen LogP contribution < -0.4 is 5.73 Å². The molecule has 0 saturated heterocycles. The summed E-state index contributed by atoms with van der Waals surface area (Å²) in [6, 6.07) is 0. The van der Waals surface area contributed by atoms with Gasteiger partial charge < -0.3 is 10.8 Å². The summed E-state index contributed by atoms with van der Waals surface area (Å²) in [5.74, 6) is -1.12. The lowest BCUT2D eigenvalue weighted by molar-refractivity contribution is -0.137. The molecule has 0 aliphatic rings. The van der Waals surface area contributed by atoms with Crippen LogP contribution in [0.2, 0.25) is 0 Å². The molecule has 5 heteroatoms. The second-order valence-electron chi connectivity index (χ2n) is 2.66. The van der Waals surface area contributed by atoms with Gasteiger partial charge in [0.1, 0.15) is 0 Å². The third-order valence-electron chi connectivity index (χ3n) is 1.71. The SMILES string of the molecule is NCC(CC(=O)O)c1cnccn1. The van der Waals surface area contributed by atoms with Gasteiger partial charge in [-0.15, -0.1) is 0 Å². The molecular weight excluding hydrogens is 170 g/mol. The predicted octanol–water partition coefficient (Wildman–Crippen LogP) is -0.00640. The summed E-state index contributed by atoms with van der Waals surface area (Å²) in [6.07, 6.45) is 4.60. The number of nitrogens with zero attached hydrogens (tertiary/aromatic N) is 2. The van der Waals surface area contributed by atoms with Crippen LogP contribution in [-0.4, -0.2) is 27.6 Å². The van der Waals surface area contributed by atoms with Crippen molar-refractivity contribution in [2.45, 2.75) is 12.3 Å². The van der Waals surface area contributed by atoms with Crippen LogP contribution in [0.1, 0.15) is 18.0 Å². The highest BCUT2D eigenvalue weighted by molar-refractivity contribution is 5.67. The summed E-state index contributed by atoms with van der Waals surface area (Å²) in [7, 11) is 0. The third kappa shape index (κ3) is 2.79. The fraction of sp³-hybridized carbons (Fsp3) is 0.375. The maximum Gasteiger partial charge on any atom is 0.304 e. The molecule has 0 aromatic carbocycles. The minimum Gasteiger partial charge on any atom is -0.481 e. The molecule has 0 saturated carbocycles. The zero-order chi connectivity index (χ0) is 9.68. The van der Waals surface area contributed by atoms with Gasteiger partial charge in [-0.1, -0.05) is 0 Å². The fourth-order valence-corrected chi connectivity index (χ4v) is 1.04. The lowest BCUT2D eigenvalue weighted by Crippen LogP contribution is -2.17. The van der Waals surface area contributed by atoms with Crippen molar-refractivity contribution in [1.82, 2.24) is 9.97 Å². The minimum atomic E-state index is -0.874. The Morgan fingerprint density at radius 1 is 1.62 bits per heavy atom. The molecule has 13 heavy (non-hydrogen) atoms. The third-order valence-corrected chi connectivity index (χ3v) is 1.71. The number of nitrogens with two attached hydrogens (primary N) is 1. The maximum atomic E-state index is 10.4. The molecule has 0 aliphatic carbocycles. The van der Waals surface area contributed by atoms with Gasteiger partial charge >= 0.3 is 5.97 Å². The van der Waals surface area contributed by atoms with Gasteiger partial charge in [-0.2, -0.15) is 0 Å². The van der Waals surface area contributed by atoms with E-state index in [2.05, 4.69) is 9.97 Å². The van der Waals surface area contributed by atoms with Gasteiger partial charge in [0.05, 0.1) is 12.1 Å². The van der Waals surface area contributed by atoms with Gasteiger partial charge in [-0.05, 0) is 0 Å². The molecule has 0 spiro atoms. The van der Waals surface area contributed by atoms with E-state index in [1.54, 1.807) is 6.20 Å². The summed E-state index contributed by atoms with van der Waals surface area (Å²) in [4.78, 5) is 18.3. The fourth-order valence-electron chi connectivity index (χ4n) is 1.04. The van der Waals surface area contributed by atoms with E-state index in [1.807, 2.05) is 0 Å². The van der Waals surface area contributed by atoms with E-state index in [9.17, 15) is 4.79 Å². The van der Waals surface area contributed by atoms with E-state index in [0.717, 1.165) is 0 Å². The first-order valence-electron chi connectivity index (χ1n) is 3.91. The van der Waals surface area contributed by atoms with Crippen molar-refractivity contribution in [3.05, 3.63) is 24.3 Å². The number of rotatable bonds is 4. The topological polar surface area (TPSA) is 89.1 Å². The first-order valence-corrected chi connectivity index (χ1v) is 3.91. The molecule has 0 aliphatic heterocycles. The van der Waals surface area contributed by atoms with Crippen LogP contribution in [0.25, 0.3) is 0 Å². The molecule has 3 N–H and O–H groups in total. The lowest BCUT2D eigenvalue weighted by atomic mass is 10.0. The second-order valence-corrected chi connectivity index (χ2v) is 2.66. The standard InChI is InChI=1S/C8H11N3O2/c9-4-6(3-8(12)13)7-5-10-1-2-11-7/h1-2,5-6H,3-4,9H2,(H,12,13). The summed E-state index contributed by atoms with van der Waals surface area (Å²) < 4.78 is 0. The Bertz CT molecular complexity index is 276. The first kappa shape index (κ1) is 9.60.